The predicted octanol–water partition coefficient (Wildman–Crippen LogP) is 3.19. The highest BCUT2D eigenvalue weighted by Crippen LogP contribution is 2.32. The summed E-state index contributed by atoms with van der Waals surface area (Å²) >= 11 is 5.94. The molecule has 0 fully saturated rings. The second kappa shape index (κ2) is 5.42. The van der Waals surface area contributed by atoms with Gasteiger partial charge in [0.1, 0.15) is 5.58 Å². The fraction of sp³-hybridized carbons (Fsp3) is 0.0588. The number of fused-ring (bicyclic) bond motifs is 2. The van der Waals surface area contributed by atoms with Crippen LogP contribution in [0.25, 0.3) is 11.0 Å². The lowest BCUT2D eigenvalue weighted by Crippen LogP contribution is -2.21. The molecule has 7 nitrogen and oxygen atoms in total. The van der Waals surface area contributed by atoms with Gasteiger partial charge in [-0.15, -0.1) is 0 Å². The van der Waals surface area contributed by atoms with Gasteiger partial charge in [-0.05, 0) is 35.9 Å². The summed E-state index contributed by atoms with van der Waals surface area (Å²) in [4.78, 5) is 35.3. The zero-order chi connectivity index (χ0) is 17.7. The van der Waals surface area contributed by atoms with E-state index in [9.17, 15) is 19.7 Å². The first kappa shape index (κ1) is 15.3. The minimum absolute atomic E-state index is 0.0526. The first-order valence-electron chi connectivity index (χ1n) is 7.27. The van der Waals surface area contributed by atoms with E-state index in [1.54, 1.807) is 6.07 Å². The van der Waals surface area contributed by atoms with Crippen molar-refractivity contribution in [1.82, 2.24) is 5.32 Å². The van der Waals surface area contributed by atoms with Crippen LogP contribution in [0, 0.1) is 10.1 Å². The molecule has 1 atom stereocenters. The number of hydrogen-bond acceptors (Lipinski definition) is 5. The summed E-state index contributed by atoms with van der Waals surface area (Å²) in [6, 6.07) is 9.49. The maximum Gasteiger partial charge on any atom is 0.288 e. The summed E-state index contributed by atoms with van der Waals surface area (Å²) in [5, 5.41) is 14.1. The van der Waals surface area contributed by atoms with Crippen molar-refractivity contribution in [3.8, 4) is 0 Å². The molecule has 1 N–H and O–H groups in total. The molecule has 2 aromatic carbocycles. The second-order valence-electron chi connectivity index (χ2n) is 5.57. The van der Waals surface area contributed by atoms with Crippen LogP contribution in [0.5, 0.6) is 0 Å². The Balaban J connectivity index is 1.91. The lowest BCUT2D eigenvalue weighted by Gasteiger charge is -2.11. The van der Waals surface area contributed by atoms with E-state index in [2.05, 4.69) is 5.32 Å². The van der Waals surface area contributed by atoms with Gasteiger partial charge in [0.2, 0.25) is 5.76 Å². The van der Waals surface area contributed by atoms with Crippen molar-refractivity contribution in [3.63, 3.8) is 0 Å². The Kier molecular flexibility index (Phi) is 3.33. The molecule has 25 heavy (non-hydrogen) atoms. The van der Waals surface area contributed by atoms with Crippen molar-refractivity contribution in [3.05, 3.63) is 84.7 Å². The standard InChI is InChI=1S/C17H9ClN2O5/c18-9-3-6-12-11(7-9)15(21)13-14(19-17(22)16(13)25-12)8-1-4-10(5-2-8)20(23)24/h1-7,14H,(H,19,22). The molecule has 4 rings (SSSR count). The van der Waals surface area contributed by atoms with Gasteiger partial charge in [0.25, 0.3) is 11.6 Å². The molecule has 124 valence electrons. The van der Waals surface area contributed by atoms with Gasteiger partial charge in [-0.3, -0.25) is 19.7 Å². The van der Waals surface area contributed by atoms with Crippen molar-refractivity contribution < 1.29 is 14.1 Å². The van der Waals surface area contributed by atoms with E-state index < -0.39 is 16.9 Å². The highest BCUT2D eigenvalue weighted by molar-refractivity contribution is 6.31. The van der Waals surface area contributed by atoms with Gasteiger partial charge in [0, 0.05) is 17.2 Å². The zero-order valence-electron chi connectivity index (χ0n) is 12.5. The Hall–Kier alpha value is -3.19. The van der Waals surface area contributed by atoms with Gasteiger partial charge in [0.05, 0.1) is 21.9 Å². The molecule has 0 saturated heterocycles. The summed E-state index contributed by atoms with van der Waals surface area (Å²) in [7, 11) is 0. The number of non-ortho nitro benzene ring substituents is 1. The Morgan fingerprint density at radius 1 is 1.12 bits per heavy atom. The smallest absolute Gasteiger partial charge is 0.288 e. The number of rotatable bonds is 2. The zero-order valence-corrected chi connectivity index (χ0v) is 13.2. The molecule has 0 saturated carbocycles. The largest absolute Gasteiger partial charge is 0.450 e. The van der Waals surface area contributed by atoms with Gasteiger partial charge in [-0.1, -0.05) is 11.6 Å². The van der Waals surface area contributed by atoms with Gasteiger partial charge in [-0.25, -0.2) is 0 Å². The number of hydrogen-bond donors (Lipinski definition) is 1. The number of carbonyl (C=O) groups is 1. The Bertz CT molecular complexity index is 1100. The average Bonchev–Trinajstić information content (AvgIpc) is 2.93. The maximum absolute atomic E-state index is 12.9. The van der Waals surface area contributed by atoms with Crippen molar-refractivity contribution in [2.45, 2.75) is 6.04 Å². The average molecular weight is 357 g/mol. The molecule has 0 bridgehead atoms. The Morgan fingerprint density at radius 3 is 2.52 bits per heavy atom. The number of nitrogens with one attached hydrogen (secondary N) is 1. The van der Waals surface area contributed by atoms with Crippen molar-refractivity contribution in [2.24, 2.45) is 0 Å². The van der Waals surface area contributed by atoms with E-state index in [-0.39, 0.29) is 33.4 Å². The number of halogens is 1. The molecule has 1 aliphatic heterocycles. The number of nitro groups is 1. The van der Waals surface area contributed by atoms with Gasteiger partial charge in [-0.2, -0.15) is 0 Å². The van der Waals surface area contributed by atoms with Crippen LogP contribution in [-0.4, -0.2) is 10.8 Å². The fourth-order valence-corrected chi connectivity index (χ4v) is 3.09. The van der Waals surface area contributed by atoms with Crippen LogP contribution >= 0.6 is 11.6 Å². The number of carbonyl (C=O) groups excluding carboxylic acids is 1. The van der Waals surface area contributed by atoms with Crippen molar-refractivity contribution in [1.29, 1.82) is 0 Å². The molecule has 1 aromatic heterocycles. The summed E-state index contributed by atoms with van der Waals surface area (Å²) in [5.41, 5.74) is 0.554. The van der Waals surface area contributed by atoms with Crippen LogP contribution in [0.3, 0.4) is 0 Å². The molecular formula is C17H9ClN2O5. The third-order valence-electron chi connectivity index (χ3n) is 4.10. The SMILES string of the molecule is O=C1NC(c2ccc([N+](=O)[O-])cc2)c2c1oc1ccc(Cl)cc1c2=O. The van der Waals surface area contributed by atoms with Crippen molar-refractivity contribution in [2.75, 3.05) is 0 Å². The fourth-order valence-electron chi connectivity index (χ4n) is 2.92. The molecule has 2 heterocycles. The van der Waals surface area contributed by atoms with Gasteiger partial charge < -0.3 is 9.73 Å². The third-order valence-corrected chi connectivity index (χ3v) is 4.33. The lowest BCUT2D eigenvalue weighted by atomic mass is 9.99. The minimum Gasteiger partial charge on any atom is -0.450 e. The highest BCUT2D eigenvalue weighted by atomic mass is 35.5. The monoisotopic (exact) mass is 356 g/mol. The van der Waals surface area contributed by atoms with E-state index in [4.69, 9.17) is 16.0 Å². The number of nitrogens with zero attached hydrogens (tertiary/aromatic N) is 1. The van der Waals surface area contributed by atoms with Gasteiger partial charge in [0.15, 0.2) is 5.43 Å². The van der Waals surface area contributed by atoms with Crippen LogP contribution in [0.2, 0.25) is 5.02 Å². The Morgan fingerprint density at radius 2 is 1.84 bits per heavy atom. The maximum atomic E-state index is 12.9. The van der Waals surface area contributed by atoms with E-state index in [0.29, 0.717) is 10.6 Å². The second-order valence-corrected chi connectivity index (χ2v) is 6.01. The van der Waals surface area contributed by atoms with Crippen molar-refractivity contribution >= 4 is 34.2 Å². The van der Waals surface area contributed by atoms with Gasteiger partial charge >= 0.3 is 0 Å². The first-order chi connectivity index (χ1) is 12.0. The quantitative estimate of drug-likeness (QED) is 0.561. The van der Waals surface area contributed by atoms with Crippen LogP contribution in [-0.2, 0) is 0 Å². The summed E-state index contributed by atoms with van der Waals surface area (Å²) in [6.07, 6.45) is 0. The normalized spacial score (nSPS) is 15.9. The predicted molar refractivity (Wildman–Crippen MR) is 89.9 cm³/mol. The molecule has 1 amide bonds. The summed E-state index contributed by atoms with van der Waals surface area (Å²) in [6.45, 7) is 0. The van der Waals surface area contributed by atoms with E-state index in [0.717, 1.165) is 0 Å². The molecular weight excluding hydrogens is 348 g/mol. The molecule has 1 aliphatic rings. The van der Waals surface area contributed by atoms with E-state index >= 15 is 0 Å². The van der Waals surface area contributed by atoms with Crippen LogP contribution in [0.1, 0.15) is 27.7 Å². The molecule has 1 unspecified atom stereocenters. The molecule has 0 aliphatic carbocycles. The molecule has 0 spiro atoms. The Labute approximate surface area is 145 Å². The van der Waals surface area contributed by atoms with E-state index in [1.165, 1.54) is 36.4 Å². The van der Waals surface area contributed by atoms with E-state index in [1.807, 2.05) is 0 Å². The topological polar surface area (TPSA) is 102 Å². The summed E-state index contributed by atoms with van der Waals surface area (Å²) in [5.74, 6) is -0.560. The molecule has 8 heteroatoms. The lowest BCUT2D eigenvalue weighted by molar-refractivity contribution is -0.384. The van der Waals surface area contributed by atoms with Crippen LogP contribution < -0.4 is 10.7 Å². The summed E-state index contributed by atoms with van der Waals surface area (Å²) < 4.78 is 5.59. The minimum atomic E-state index is -0.733. The molecule has 0 radical (unpaired) electrons. The third kappa shape index (κ3) is 2.36. The van der Waals surface area contributed by atoms with Crippen LogP contribution in [0.4, 0.5) is 5.69 Å². The molecule has 3 aromatic rings. The van der Waals surface area contributed by atoms with Crippen LogP contribution in [0.15, 0.2) is 51.7 Å². The number of nitro benzene ring substituents is 1. The first-order valence-corrected chi connectivity index (χ1v) is 7.65. The highest BCUT2D eigenvalue weighted by Gasteiger charge is 2.36. The number of amides is 1. The number of benzene rings is 2.